The number of aryl methyl sites for hydroxylation is 1. The molecule has 0 radical (unpaired) electrons. The van der Waals surface area contributed by atoms with Crippen molar-refractivity contribution in [2.24, 2.45) is 0 Å². The number of nitro benzene ring substituents is 1. The summed E-state index contributed by atoms with van der Waals surface area (Å²) in [6.45, 7) is 1.76. The highest BCUT2D eigenvalue weighted by Crippen LogP contribution is 2.35. The van der Waals surface area contributed by atoms with Crippen LogP contribution in [0.15, 0.2) is 30.5 Å². The van der Waals surface area contributed by atoms with Gasteiger partial charge in [-0.2, -0.15) is 0 Å². The zero-order chi connectivity index (χ0) is 14.0. The Morgan fingerprint density at radius 1 is 1.26 bits per heavy atom. The molecule has 2 aromatic rings. The Morgan fingerprint density at radius 3 is 2.68 bits per heavy atom. The van der Waals surface area contributed by atoms with Gasteiger partial charge < -0.3 is 4.74 Å². The number of hydrogen-bond acceptors (Lipinski definition) is 4. The summed E-state index contributed by atoms with van der Waals surface area (Å²) >= 11 is 11.5. The lowest BCUT2D eigenvalue weighted by molar-refractivity contribution is -0.385. The minimum atomic E-state index is -0.556. The van der Waals surface area contributed by atoms with Crippen molar-refractivity contribution in [2.75, 3.05) is 0 Å². The standard InChI is InChI=1S/C12H8Cl2N2O3/c1-7-6-15-12(14)5-11(7)19-10-3-2-8(13)4-9(10)16(17)18/h2-6H,1H3. The van der Waals surface area contributed by atoms with E-state index in [1.807, 2.05) is 0 Å². The van der Waals surface area contributed by atoms with Crippen molar-refractivity contribution in [1.82, 2.24) is 4.98 Å². The van der Waals surface area contributed by atoms with Crippen molar-refractivity contribution in [3.63, 3.8) is 0 Å². The van der Waals surface area contributed by atoms with E-state index in [1.54, 1.807) is 6.92 Å². The average Bonchev–Trinajstić information content (AvgIpc) is 2.35. The molecular formula is C12H8Cl2N2O3. The Balaban J connectivity index is 2.43. The lowest BCUT2D eigenvalue weighted by atomic mass is 10.2. The highest BCUT2D eigenvalue weighted by molar-refractivity contribution is 6.30. The Hall–Kier alpha value is -1.85. The van der Waals surface area contributed by atoms with Gasteiger partial charge in [-0.25, -0.2) is 4.98 Å². The topological polar surface area (TPSA) is 65.3 Å². The number of nitrogens with zero attached hydrogens (tertiary/aromatic N) is 2. The van der Waals surface area contributed by atoms with Crippen LogP contribution in [0.5, 0.6) is 11.5 Å². The largest absolute Gasteiger partial charge is 0.450 e. The molecule has 5 nitrogen and oxygen atoms in total. The van der Waals surface area contributed by atoms with Crippen molar-refractivity contribution >= 4 is 28.9 Å². The summed E-state index contributed by atoms with van der Waals surface area (Å²) in [6, 6.07) is 5.68. The van der Waals surface area contributed by atoms with Gasteiger partial charge in [0, 0.05) is 28.9 Å². The molecule has 1 aromatic carbocycles. The fraction of sp³-hybridized carbons (Fsp3) is 0.0833. The van der Waals surface area contributed by atoms with Gasteiger partial charge >= 0.3 is 5.69 Å². The van der Waals surface area contributed by atoms with Crippen molar-refractivity contribution in [1.29, 1.82) is 0 Å². The first-order valence-corrected chi connectivity index (χ1v) is 5.97. The van der Waals surface area contributed by atoms with Crippen LogP contribution < -0.4 is 4.74 Å². The second kappa shape index (κ2) is 5.42. The van der Waals surface area contributed by atoms with E-state index in [0.717, 1.165) is 0 Å². The molecule has 0 atom stereocenters. The molecule has 0 N–H and O–H groups in total. The molecule has 0 spiro atoms. The van der Waals surface area contributed by atoms with Crippen molar-refractivity contribution in [3.8, 4) is 11.5 Å². The SMILES string of the molecule is Cc1cnc(Cl)cc1Oc1ccc(Cl)cc1[N+](=O)[O-]. The van der Waals surface area contributed by atoms with Crippen molar-refractivity contribution in [3.05, 3.63) is 56.3 Å². The summed E-state index contributed by atoms with van der Waals surface area (Å²) in [7, 11) is 0. The van der Waals surface area contributed by atoms with Gasteiger partial charge in [0.05, 0.1) is 4.92 Å². The average molecular weight is 299 g/mol. The Morgan fingerprint density at radius 2 is 2.00 bits per heavy atom. The molecule has 2 rings (SSSR count). The van der Waals surface area contributed by atoms with E-state index >= 15 is 0 Å². The summed E-state index contributed by atoms with van der Waals surface area (Å²) in [5.41, 5.74) is 0.508. The lowest BCUT2D eigenvalue weighted by Crippen LogP contribution is -1.95. The van der Waals surface area contributed by atoms with Crippen LogP contribution >= 0.6 is 23.2 Å². The third-order valence-corrected chi connectivity index (χ3v) is 2.80. The first kappa shape index (κ1) is 13.6. The number of aromatic nitrogens is 1. The normalized spacial score (nSPS) is 10.3. The van der Waals surface area contributed by atoms with Gasteiger partial charge in [-0.3, -0.25) is 10.1 Å². The second-order valence-electron chi connectivity index (χ2n) is 3.74. The smallest absolute Gasteiger partial charge is 0.313 e. The van der Waals surface area contributed by atoms with Gasteiger partial charge in [0.1, 0.15) is 10.9 Å². The molecule has 0 saturated carbocycles. The first-order valence-electron chi connectivity index (χ1n) is 5.21. The van der Waals surface area contributed by atoms with Gasteiger partial charge in [-0.1, -0.05) is 23.2 Å². The van der Waals surface area contributed by atoms with E-state index in [-0.39, 0.29) is 21.6 Å². The molecule has 0 saturated heterocycles. The number of nitro groups is 1. The van der Waals surface area contributed by atoms with Gasteiger partial charge in [0.25, 0.3) is 0 Å². The Kier molecular flexibility index (Phi) is 3.87. The zero-order valence-electron chi connectivity index (χ0n) is 9.76. The van der Waals surface area contributed by atoms with E-state index < -0.39 is 4.92 Å². The van der Waals surface area contributed by atoms with Crippen molar-refractivity contribution < 1.29 is 9.66 Å². The zero-order valence-corrected chi connectivity index (χ0v) is 11.3. The van der Waals surface area contributed by atoms with Crippen LogP contribution in [-0.4, -0.2) is 9.91 Å². The molecule has 0 unspecified atom stereocenters. The maximum Gasteiger partial charge on any atom is 0.313 e. The molecule has 0 aliphatic carbocycles. The summed E-state index contributed by atoms with van der Waals surface area (Å²) in [5.74, 6) is 0.505. The number of ether oxygens (including phenoxy) is 1. The van der Waals surface area contributed by atoms with Gasteiger partial charge in [0.2, 0.25) is 5.75 Å². The van der Waals surface area contributed by atoms with Crippen molar-refractivity contribution in [2.45, 2.75) is 6.92 Å². The molecule has 1 heterocycles. The summed E-state index contributed by atoms with van der Waals surface area (Å²) in [6.07, 6.45) is 1.53. The quantitative estimate of drug-likeness (QED) is 0.478. The maximum atomic E-state index is 10.9. The number of halogens is 2. The third-order valence-electron chi connectivity index (χ3n) is 2.36. The molecule has 7 heteroatoms. The minimum absolute atomic E-state index is 0.0970. The fourth-order valence-corrected chi connectivity index (χ4v) is 1.74. The molecule has 0 fully saturated rings. The summed E-state index contributed by atoms with van der Waals surface area (Å²) < 4.78 is 5.51. The molecule has 19 heavy (non-hydrogen) atoms. The van der Waals surface area contributed by atoms with Crippen LogP contribution in [0.25, 0.3) is 0 Å². The van der Waals surface area contributed by atoms with E-state index in [9.17, 15) is 10.1 Å². The number of pyridine rings is 1. The van der Waals surface area contributed by atoms with Crippen LogP contribution in [0.2, 0.25) is 10.2 Å². The van der Waals surface area contributed by atoms with Crippen LogP contribution in [-0.2, 0) is 0 Å². The summed E-state index contributed by atoms with van der Waals surface area (Å²) in [4.78, 5) is 14.3. The van der Waals surface area contributed by atoms with Gasteiger partial charge in [0.15, 0.2) is 0 Å². The molecule has 0 bridgehead atoms. The lowest BCUT2D eigenvalue weighted by Gasteiger charge is -2.09. The first-order chi connectivity index (χ1) is 8.97. The maximum absolute atomic E-state index is 10.9. The molecule has 0 amide bonds. The number of rotatable bonds is 3. The molecule has 98 valence electrons. The monoisotopic (exact) mass is 298 g/mol. The second-order valence-corrected chi connectivity index (χ2v) is 4.57. The molecular weight excluding hydrogens is 291 g/mol. The Bertz CT molecular complexity index is 647. The summed E-state index contributed by atoms with van der Waals surface area (Å²) in [5, 5.41) is 11.5. The van der Waals surface area contributed by atoms with E-state index in [1.165, 1.54) is 30.5 Å². The van der Waals surface area contributed by atoms with Crippen LogP contribution in [0, 0.1) is 17.0 Å². The number of benzene rings is 1. The van der Waals surface area contributed by atoms with Gasteiger partial charge in [-0.15, -0.1) is 0 Å². The van der Waals surface area contributed by atoms with E-state index in [4.69, 9.17) is 27.9 Å². The van der Waals surface area contributed by atoms with Crippen LogP contribution in [0.3, 0.4) is 0 Å². The number of hydrogen-bond donors (Lipinski definition) is 0. The van der Waals surface area contributed by atoms with Crippen LogP contribution in [0.1, 0.15) is 5.56 Å². The Labute approximate surface area is 118 Å². The van der Waals surface area contributed by atoms with E-state index in [0.29, 0.717) is 11.3 Å². The van der Waals surface area contributed by atoms with Crippen LogP contribution in [0.4, 0.5) is 5.69 Å². The van der Waals surface area contributed by atoms with E-state index in [2.05, 4.69) is 4.98 Å². The predicted octanol–water partition coefficient (Wildman–Crippen LogP) is 4.40. The minimum Gasteiger partial charge on any atom is -0.450 e. The molecule has 1 aromatic heterocycles. The van der Waals surface area contributed by atoms with Gasteiger partial charge in [-0.05, 0) is 19.1 Å². The third kappa shape index (κ3) is 3.13. The fourth-order valence-electron chi connectivity index (χ4n) is 1.43. The molecule has 0 aliphatic heterocycles. The molecule has 0 aliphatic rings. The highest BCUT2D eigenvalue weighted by Gasteiger charge is 2.17. The highest BCUT2D eigenvalue weighted by atomic mass is 35.5. The predicted molar refractivity (Wildman–Crippen MR) is 72.2 cm³/mol.